The molecule has 2 rings (SSSR count). The summed E-state index contributed by atoms with van der Waals surface area (Å²) in [7, 11) is 0. The van der Waals surface area contributed by atoms with E-state index in [1.54, 1.807) is 30.2 Å². The first-order chi connectivity index (χ1) is 12.9. The molecular formula is C19H23BrFN5O. The maximum Gasteiger partial charge on any atom is 0.241 e. The summed E-state index contributed by atoms with van der Waals surface area (Å²) in [5.41, 5.74) is 6.97. The lowest BCUT2D eigenvalue weighted by atomic mass is 10.2. The molecule has 1 aromatic rings. The maximum absolute atomic E-state index is 13.0. The number of allylic oxidation sites excluding steroid dienone is 1. The highest BCUT2D eigenvalue weighted by molar-refractivity contribution is 9.18. The Labute approximate surface area is 167 Å². The van der Waals surface area contributed by atoms with E-state index >= 15 is 0 Å². The average molecular weight is 436 g/mol. The number of rotatable bonds is 5. The summed E-state index contributed by atoms with van der Waals surface area (Å²) in [5, 5.41) is 10.5. The Hall–Kier alpha value is -2.37. The minimum Gasteiger partial charge on any atom is -0.381 e. The number of nitrogens with two attached hydrogens (primary N) is 1. The molecule has 144 valence electrons. The fourth-order valence-corrected chi connectivity index (χ4v) is 2.78. The van der Waals surface area contributed by atoms with Crippen LogP contribution in [-0.4, -0.2) is 54.2 Å². The smallest absolute Gasteiger partial charge is 0.241 e. The second-order valence-electron chi connectivity index (χ2n) is 6.16. The molecule has 1 amide bonds. The van der Waals surface area contributed by atoms with E-state index in [2.05, 4.69) is 38.0 Å². The molecule has 0 saturated carbocycles. The van der Waals surface area contributed by atoms with Gasteiger partial charge in [0.15, 0.2) is 0 Å². The molecule has 1 heterocycles. The van der Waals surface area contributed by atoms with Crippen LogP contribution in [0.3, 0.4) is 0 Å². The summed E-state index contributed by atoms with van der Waals surface area (Å²) in [5.74, 6) is 5.29. The molecule has 0 bridgehead atoms. The molecule has 0 aliphatic carbocycles. The van der Waals surface area contributed by atoms with Crippen LogP contribution in [-0.2, 0) is 4.79 Å². The van der Waals surface area contributed by atoms with E-state index in [0.29, 0.717) is 31.8 Å². The molecule has 1 saturated heterocycles. The van der Waals surface area contributed by atoms with Crippen molar-refractivity contribution < 1.29 is 9.18 Å². The highest BCUT2D eigenvalue weighted by Crippen LogP contribution is 2.16. The highest BCUT2D eigenvalue weighted by atomic mass is 79.9. The molecule has 6 nitrogen and oxygen atoms in total. The van der Waals surface area contributed by atoms with Gasteiger partial charge in [-0.2, -0.15) is 0 Å². The summed E-state index contributed by atoms with van der Waals surface area (Å²) >= 11 is 3.08. The van der Waals surface area contributed by atoms with E-state index in [4.69, 9.17) is 11.1 Å². The lowest BCUT2D eigenvalue weighted by molar-refractivity contribution is -0.130. The lowest BCUT2D eigenvalue weighted by Crippen LogP contribution is -2.50. The van der Waals surface area contributed by atoms with Gasteiger partial charge < -0.3 is 20.9 Å². The van der Waals surface area contributed by atoms with Crippen molar-refractivity contribution in [3.8, 4) is 11.8 Å². The molecule has 0 aromatic heterocycles. The minimum atomic E-state index is -0.292. The Balaban J connectivity index is 1.83. The van der Waals surface area contributed by atoms with Gasteiger partial charge in [0.25, 0.3) is 0 Å². The van der Waals surface area contributed by atoms with Crippen molar-refractivity contribution in [2.24, 2.45) is 5.73 Å². The van der Waals surface area contributed by atoms with E-state index < -0.39 is 0 Å². The number of piperazine rings is 1. The largest absolute Gasteiger partial charge is 0.381 e. The topological polar surface area (TPSA) is 85.5 Å². The second kappa shape index (κ2) is 10.1. The van der Waals surface area contributed by atoms with Gasteiger partial charge in [0.1, 0.15) is 10.4 Å². The Bertz CT molecular complexity index is 759. The average Bonchev–Trinajstić information content (AvgIpc) is 2.64. The van der Waals surface area contributed by atoms with Crippen molar-refractivity contribution in [2.45, 2.75) is 13.0 Å². The van der Waals surface area contributed by atoms with Gasteiger partial charge in [0.2, 0.25) is 5.91 Å². The standard InChI is InChI=1S/C19H23BrFN5O/c1-14(22)2-3-15(19(20)23)12-24-13-18(27)26-10-8-25(9-11-26)17-6-4-16(21)5-7-17/h4-7,12,14,23-24H,8-11,13,22H2,1H3/b15-12-,23-19?. The van der Waals surface area contributed by atoms with E-state index in [0.717, 1.165) is 5.69 Å². The zero-order valence-corrected chi connectivity index (χ0v) is 16.7. The second-order valence-corrected chi connectivity index (χ2v) is 6.95. The fourth-order valence-electron chi connectivity index (χ4n) is 2.56. The number of nitrogens with zero attached hydrogens (tertiary/aromatic N) is 2. The Kier molecular flexibility index (Phi) is 7.82. The molecule has 1 aliphatic rings. The molecule has 1 aromatic carbocycles. The molecule has 1 aliphatic heterocycles. The number of carbonyl (C=O) groups is 1. The minimum absolute atomic E-state index is 0.0226. The van der Waals surface area contributed by atoms with E-state index in [-0.39, 0.29) is 28.9 Å². The summed E-state index contributed by atoms with van der Waals surface area (Å²) in [4.78, 5) is 16.3. The molecular weight excluding hydrogens is 413 g/mol. The predicted octanol–water partition coefficient (Wildman–Crippen LogP) is 1.67. The Morgan fingerprint density at radius 3 is 2.56 bits per heavy atom. The first kappa shape index (κ1) is 20.9. The summed E-state index contributed by atoms with van der Waals surface area (Å²) in [6.45, 7) is 4.49. The van der Waals surface area contributed by atoms with E-state index in [9.17, 15) is 9.18 Å². The molecule has 4 N–H and O–H groups in total. The predicted molar refractivity (Wildman–Crippen MR) is 109 cm³/mol. The van der Waals surface area contributed by atoms with Crippen molar-refractivity contribution in [3.05, 3.63) is 41.9 Å². The summed E-state index contributed by atoms with van der Waals surface area (Å²) in [6, 6.07) is 6.09. The SMILES string of the molecule is CC(N)C#C/C(=C/NCC(=O)N1CCN(c2ccc(F)cc2)CC1)C(=N)Br. The molecule has 27 heavy (non-hydrogen) atoms. The van der Waals surface area contributed by atoms with E-state index in [1.807, 2.05) is 0 Å². The first-order valence-corrected chi connectivity index (χ1v) is 9.39. The van der Waals surface area contributed by atoms with Gasteiger partial charge in [0, 0.05) is 38.1 Å². The van der Waals surface area contributed by atoms with Crippen LogP contribution in [0.4, 0.5) is 10.1 Å². The maximum atomic E-state index is 13.0. The number of hydrogen-bond acceptors (Lipinski definition) is 5. The van der Waals surface area contributed by atoms with Crippen molar-refractivity contribution in [1.82, 2.24) is 10.2 Å². The molecule has 1 atom stereocenters. The van der Waals surface area contributed by atoms with Crippen molar-refractivity contribution in [2.75, 3.05) is 37.6 Å². The Morgan fingerprint density at radius 1 is 1.37 bits per heavy atom. The third-order valence-corrected chi connectivity index (χ3v) is 4.42. The van der Waals surface area contributed by atoms with Crippen molar-refractivity contribution in [1.29, 1.82) is 5.41 Å². The van der Waals surface area contributed by atoms with Gasteiger partial charge in [-0.1, -0.05) is 11.8 Å². The quantitative estimate of drug-likeness (QED) is 0.485. The van der Waals surface area contributed by atoms with Crippen LogP contribution in [0.25, 0.3) is 0 Å². The zero-order valence-electron chi connectivity index (χ0n) is 15.1. The van der Waals surface area contributed by atoms with Gasteiger partial charge in [-0.3, -0.25) is 10.2 Å². The van der Waals surface area contributed by atoms with Gasteiger partial charge in [-0.15, -0.1) is 0 Å². The third-order valence-electron chi connectivity index (χ3n) is 3.99. The number of benzene rings is 1. The normalized spacial score (nSPS) is 15.6. The van der Waals surface area contributed by atoms with Crippen LogP contribution in [0.5, 0.6) is 0 Å². The zero-order chi connectivity index (χ0) is 19.8. The molecule has 0 radical (unpaired) electrons. The number of hydrogen-bond donors (Lipinski definition) is 3. The monoisotopic (exact) mass is 435 g/mol. The van der Waals surface area contributed by atoms with Gasteiger partial charge in [0.05, 0.1) is 18.2 Å². The molecule has 8 heteroatoms. The number of carbonyl (C=O) groups excluding carboxylic acids is 1. The molecule has 1 fully saturated rings. The van der Waals surface area contributed by atoms with Crippen LogP contribution in [0, 0.1) is 23.1 Å². The van der Waals surface area contributed by atoms with Crippen LogP contribution in [0.15, 0.2) is 36.0 Å². The Morgan fingerprint density at radius 2 is 2.00 bits per heavy atom. The summed E-state index contributed by atoms with van der Waals surface area (Å²) in [6.07, 6.45) is 1.54. The van der Waals surface area contributed by atoms with Crippen LogP contribution < -0.4 is 16.0 Å². The molecule has 0 spiro atoms. The van der Waals surface area contributed by atoms with Crippen LogP contribution >= 0.6 is 15.9 Å². The number of nitrogens with one attached hydrogen (secondary N) is 2. The van der Waals surface area contributed by atoms with Crippen LogP contribution in [0.1, 0.15) is 6.92 Å². The number of halogens is 2. The van der Waals surface area contributed by atoms with Crippen molar-refractivity contribution in [3.63, 3.8) is 0 Å². The first-order valence-electron chi connectivity index (χ1n) is 8.60. The van der Waals surface area contributed by atoms with Crippen molar-refractivity contribution >= 4 is 32.1 Å². The summed E-state index contributed by atoms with van der Waals surface area (Å²) < 4.78 is 13.1. The van der Waals surface area contributed by atoms with Gasteiger partial charge >= 0.3 is 0 Å². The third kappa shape index (κ3) is 6.70. The van der Waals surface area contributed by atoms with Gasteiger partial charge in [-0.05, 0) is 47.1 Å². The number of anilines is 1. The van der Waals surface area contributed by atoms with Crippen LogP contribution in [0.2, 0.25) is 0 Å². The lowest BCUT2D eigenvalue weighted by Gasteiger charge is -2.36. The van der Waals surface area contributed by atoms with Gasteiger partial charge in [-0.25, -0.2) is 4.39 Å². The number of amides is 1. The molecule has 1 unspecified atom stereocenters. The fraction of sp³-hybridized carbons (Fsp3) is 0.368. The van der Waals surface area contributed by atoms with E-state index in [1.165, 1.54) is 12.1 Å². The highest BCUT2D eigenvalue weighted by Gasteiger charge is 2.20.